The van der Waals surface area contributed by atoms with Crippen LogP contribution in [0.15, 0.2) is 0 Å². The van der Waals surface area contributed by atoms with Crippen molar-refractivity contribution in [2.75, 3.05) is 13.2 Å². The molecule has 1 aliphatic rings. The van der Waals surface area contributed by atoms with Gasteiger partial charge in [0, 0.05) is 6.61 Å². The SMILES string of the molecule is CCCC[C@@]1(CCCO)COC(C)(C)N1C(=O)O. The van der Waals surface area contributed by atoms with Crippen molar-refractivity contribution in [1.82, 2.24) is 4.90 Å². The standard InChI is InChI=1S/C13H25NO4/c1-4-5-7-13(8-6-9-15)10-18-12(2,3)14(13)11(16)17/h15H,4-10H2,1-3H3,(H,16,17)/t13-/m1/s1. The van der Waals surface area contributed by atoms with Crippen LogP contribution < -0.4 is 0 Å². The molecule has 5 nitrogen and oxygen atoms in total. The second-order valence-corrected chi connectivity index (χ2v) is 5.51. The summed E-state index contributed by atoms with van der Waals surface area (Å²) >= 11 is 0. The number of unbranched alkanes of at least 4 members (excludes halogenated alkanes) is 1. The number of rotatable bonds is 6. The molecule has 1 fully saturated rings. The molecule has 1 atom stereocenters. The summed E-state index contributed by atoms with van der Waals surface area (Å²) in [5, 5.41) is 18.5. The molecule has 0 bridgehead atoms. The number of carboxylic acid groups (broad SMARTS) is 1. The molecular formula is C13H25NO4. The van der Waals surface area contributed by atoms with Crippen molar-refractivity contribution in [2.24, 2.45) is 0 Å². The van der Waals surface area contributed by atoms with E-state index in [1.54, 1.807) is 13.8 Å². The van der Waals surface area contributed by atoms with Crippen molar-refractivity contribution in [2.45, 2.75) is 64.1 Å². The fourth-order valence-corrected chi connectivity index (χ4v) is 2.85. The lowest BCUT2D eigenvalue weighted by Crippen LogP contribution is -2.55. The van der Waals surface area contributed by atoms with Crippen molar-refractivity contribution >= 4 is 6.09 Å². The summed E-state index contributed by atoms with van der Waals surface area (Å²) in [7, 11) is 0. The van der Waals surface area contributed by atoms with Gasteiger partial charge in [-0.15, -0.1) is 0 Å². The number of carbonyl (C=O) groups is 1. The first kappa shape index (κ1) is 15.2. The molecule has 1 heterocycles. The molecule has 0 aromatic carbocycles. The lowest BCUT2D eigenvalue weighted by Gasteiger charge is -2.40. The Morgan fingerprint density at radius 2 is 1.94 bits per heavy atom. The third-order valence-electron chi connectivity index (χ3n) is 3.69. The average Bonchev–Trinajstić information content (AvgIpc) is 2.56. The van der Waals surface area contributed by atoms with E-state index in [-0.39, 0.29) is 6.61 Å². The molecule has 0 aromatic heterocycles. The molecule has 0 saturated carbocycles. The first-order valence-electron chi connectivity index (χ1n) is 6.68. The fraction of sp³-hybridized carbons (Fsp3) is 0.923. The number of hydrogen-bond donors (Lipinski definition) is 2. The van der Waals surface area contributed by atoms with E-state index in [4.69, 9.17) is 9.84 Å². The van der Waals surface area contributed by atoms with Gasteiger partial charge in [0.15, 0.2) is 0 Å². The second-order valence-electron chi connectivity index (χ2n) is 5.51. The Kier molecular flexibility index (Phi) is 4.99. The van der Waals surface area contributed by atoms with Gasteiger partial charge in [0.2, 0.25) is 0 Å². The molecule has 1 amide bonds. The van der Waals surface area contributed by atoms with E-state index in [0.717, 1.165) is 19.3 Å². The maximum atomic E-state index is 11.5. The zero-order valence-corrected chi connectivity index (χ0v) is 11.6. The lowest BCUT2D eigenvalue weighted by molar-refractivity contribution is -0.0487. The number of aliphatic hydroxyl groups is 1. The molecule has 1 aliphatic heterocycles. The van der Waals surface area contributed by atoms with Crippen LogP contribution in [0.1, 0.15) is 52.9 Å². The van der Waals surface area contributed by atoms with Crippen molar-refractivity contribution in [3.05, 3.63) is 0 Å². The van der Waals surface area contributed by atoms with Crippen LogP contribution in [-0.4, -0.2) is 45.7 Å². The zero-order valence-electron chi connectivity index (χ0n) is 11.6. The monoisotopic (exact) mass is 259 g/mol. The van der Waals surface area contributed by atoms with E-state index in [1.165, 1.54) is 4.90 Å². The molecule has 5 heteroatoms. The predicted molar refractivity (Wildman–Crippen MR) is 68.5 cm³/mol. The van der Waals surface area contributed by atoms with E-state index in [1.807, 2.05) is 0 Å². The number of aliphatic hydroxyl groups excluding tert-OH is 1. The number of amides is 1. The van der Waals surface area contributed by atoms with Crippen LogP contribution in [0.2, 0.25) is 0 Å². The van der Waals surface area contributed by atoms with Crippen molar-refractivity contribution in [3.63, 3.8) is 0 Å². The van der Waals surface area contributed by atoms with Crippen LogP contribution >= 0.6 is 0 Å². The van der Waals surface area contributed by atoms with Gasteiger partial charge < -0.3 is 14.9 Å². The maximum Gasteiger partial charge on any atom is 0.410 e. The van der Waals surface area contributed by atoms with E-state index >= 15 is 0 Å². The van der Waals surface area contributed by atoms with Crippen molar-refractivity contribution < 1.29 is 19.7 Å². The van der Waals surface area contributed by atoms with Gasteiger partial charge in [0.05, 0.1) is 12.1 Å². The van der Waals surface area contributed by atoms with E-state index in [9.17, 15) is 9.90 Å². The minimum Gasteiger partial charge on any atom is -0.465 e. The Labute approximate surface area is 109 Å². The van der Waals surface area contributed by atoms with Gasteiger partial charge in [0.25, 0.3) is 0 Å². The van der Waals surface area contributed by atoms with Crippen LogP contribution in [0.4, 0.5) is 4.79 Å². The first-order chi connectivity index (χ1) is 8.39. The molecule has 18 heavy (non-hydrogen) atoms. The van der Waals surface area contributed by atoms with Gasteiger partial charge in [-0.3, -0.25) is 4.90 Å². The summed E-state index contributed by atoms with van der Waals surface area (Å²) < 4.78 is 5.69. The Hall–Kier alpha value is -0.810. The first-order valence-corrected chi connectivity index (χ1v) is 6.68. The normalized spacial score (nSPS) is 26.6. The van der Waals surface area contributed by atoms with Gasteiger partial charge in [0.1, 0.15) is 5.72 Å². The summed E-state index contributed by atoms with van der Waals surface area (Å²) in [6.07, 6.45) is 3.10. The average molecular weight is 259 g/mol. The largest absolute Gasteiger partial charge is 0.465 e. The van der Waals surface area contributed by atoms with Gasteiger partial charge in [-0.2, -0.15) is 0 Å². The topological polar surface area (TPSA) is 70.0 Å². The highest BCUT2D eigenvalue weighted by molar-refractivity contribution is 5.67. The highest BCUT2D eigenvalue weighted by Crippen LogP contribution is 2.41. The Balaban J connectivity index is 2.95. The van der Waals surface area contributed by atoms with Crippen LogP contribution in [0.5, 0.6) is 0 Å². The predicted octanol–water partition coefficient (Wildman–Crippen LogP) is 2.43. The quantitative estimate of drug-likeness (QED) is 0.768. The molecule has 2 N–H and O–H groups in total. The summed E-state index contributed by atoms with van der Waals surface area (Å²) in [6, 6.07) is 0. The Bertz CT molecular complexity index is 283. The molecule has 106 valence electrons. The number of ether oxygens (including phenoxy) is 1. The van der Waals surface area contributed by atoms with E-state index in [2.05, 4.69) is 6.92 Å². The minimum atomic E-state index is -0.938. The highest BCUT2D eigenvalue weighted by atomic mass is 16.5. The fourth-order valence-electron chi connectivity index (χ4n) is 2.85. The van der Waals surface area contributed by atoms with Crippen LogP contribution in [0.25, 0.3) is 0 Å². The van der Waals surface area contributed by atoms with Gasteiger partial charge in [-0.25, -0.2) is 4.79 Å². The Morgan fingerprint density at radius 1 is 1.33 bits per heavy atom. The second kappa shape index (κ2) is 5.89. The third kappa shape index (κ3) is 2.95. The molecule has 0 spiro atoms. The van der Waals surface area contributed by atoms with Crippen LogP contribution in [0.3, 0.4) is 0 Å². The smallest absolute Gasteiger partial charge is 0.410 e. The molecule has 0 aromatic rings. The molecule has 0 unspecified atom stereocenters. The summed E-state index contributed by atoms with van der Waals surface area (Å²) in [4.78, 5) is 13.0. The highest BCUT2D eigenvalue weighted by Gasteiger charge is 2.53. The van der Waals surface area contributed by atoms with Gasteiger partial charge in [-0.05, 0) is 33.1 Å². The summed E-state index contributed by atoms with van der Waals surface area (Å²) in [6.45, 7) is 6.17. The molecule has 0 radical (unpaired) electrons. The summed E-state index contributed by atoms with van der Waals surface area (Å²) in [5.41, 5.74) is -1.26. The van der Waals surface area contributed by atoms with E-state index < -0.39 is 17.4 Å². The van der Waals surface area contributed by atoms with Crippen molar-refractivity contribution in [3.8, 4) is 0 Å². The minimum absolute atomic E-state index is 0.0851. The molecule has 1 saturated heterocycles. The van der Waals surface area contributed by atoms with Crippen molar-refractivity contribution in [1.29, 1.82) is 0 Å². The van der Waals surface area contributed by atoms with Gasteiger partial charge in [-0.1, -0.05) is 19.8 Å². The van der Waals surface area contributed by atoms with Gasteiger partial charge >= 0.3 is 6.09 Å². The van der Waals surface area contributed by atoms with Crippen LogP contribution in [0, 0.1) is 0 Å². The third-order valence-corrected chi connectivity index (χ3v) is 3.69. The Morgan fingerprint density at radius 3 is 2.44 bits per heavy atom. The molecular weight excluding hydrogens is 234 g/mol. The number of hydrogen-bond acceptors (Lipinski definition) is 3. The summed E-state index contributed by atoms with van der Waals surface area (Å²) in [5.74, 6) is 0. The zero-order chi connectivity index (χ0) is 13.8. The lowest BCUT2D eigenvalue weighted by atomic mass is 9.87. The molecule has 1 rings (SSSR count). The van der Waals surface area contributed by atoms with Crippen LogP contribution in [-0.2, 0) is 4.74 Å². The van der Waals surface area contributed by atoms with E-state index in [0.29, 0.717) is 19.4 Å². The molecule has 0 aliphatic carbocycles. The maximum absolute atomic E-state index is 11.5. The number of nitrogens with zero attached hydrogens (tertiary/aromatic N) is 1.